The van der Waals surface area contributed by atoms with E-state index in [4.69, 9.17) is 4.74 Å². The van der Waals surface area contributed by atoms with Crippen LogP contribution >= 0.6 is 0 Å². The van der Waals surface area contributed by atoms with Gasteiger partial charge in [-0.15, -0.1) is 0 Å². The predicted molar refractivity (Wildman–Crippen MR) is 113 cm³/mol. The Labute approximate surface area is 176 Å². The molecule has 2 aliphatic rings. The lowest BCUT2D eigenvalue weighted by atomic mass is 9.94. The number of carbonyl (C=O) groups excluding carboxylic acids is 2. The number of ketones is 1. The number of aliphatic hydroxyl groups is 1. The average Bonchev–Trinajstić information content (AvgIpc) is 3.36. The number of Topliss-reactive ketones (excluding diaryl/α,β-unsaturated/α-hetero) is 1. The summed E-state index contributed by atoms with van der Waals surface area (Å²) in [6, 6.07) is 8.35. The summed E-state index contributed by atoms with van der Waals surface area (Å²) in [5, 5.41) is 11.3. The van der Waals surface area contributed by atoms with Crippen LogP contribution in [-0.2, 0) is 9.59 Å². The molecular formula is C24H26N2O4. The van der Waals surface area contributed by atoms with E-state index in [1.165, 1.54) is 0 Å². The third-order valence-electron chi connectivity index (χ3n) is 6.16. The first-order valence-corrected chi connectivity index (χ1v) is 10.3. The lowest BCUT2D eigenvalue weighted by Gasteiger charge is -2.30. The fourth-order valence-electron chi connectivity index (χ4n) is 4.65. The highest BCUT2D eigenvalue weighted by molar-refractivity contribution is 6.46. The van der Waals surface area contributed by atoms with Crippen molar-refractivity contribution in [3.05, 3.63) is 64.5 Å². The number of rotatable bonds is 4. The van der Waals surface area contributed by atoms with Crippen molar-refractivity contribution >= 4 is 17.4 Å². The summed E-state index contributed by atoms with van der Waals surface area (Å²) in [7, 11) is 1.59. The van der Waals surface area contributed by atoms with Gasteiger partial charge in [0.05, 0.1) is 18.4 Å². The molecule has 1 aromatic carbocycles. The largest absolute Gasteiger partial charge is 0.507 e. The predicted octanol–water partition coefficient (Wildman–Crippen LogP) is 4.07. The highest BCUT2D eigenvalue weighted by atomic mass is 16.5. The Hall–Kier alpha value is -3.15. The minimum atomic E-state index is -0.684. The fourth-order valence-corrected chi connectivity index (χ4v) is 4.65. The first kappa shape index (κ1) is 20.1. The molecule has 1 saturated carbocycles. The van der Waals surface area contributed by atoms with Gasteiger partial charge in [-0.2, -0.15) is 0 Å². The Balaban J connectivity index is 1.91. The number of aryl methyl sites for hydroxylation is 2. The van der Waals surface area contributed by atoms with Crippen LogP contribution < -0.4 is 4.74 Å². The van der Waals surface area contributed by atoms with Crippen molar-refractivity contribution in [1.82, 2.24) is 9.88 Å². The van der Waals surface area contributed by atoms with E-state index in [1.807, 2.05) is 26.0 Å². The molecule has 0 radical (unpaired) electrons. The number of pyridine rings is 1. The number of ether oxygens (including phenoxy) is 1. The van der Waals surface area contributed by atoms with Crippen LogP contribution in [0.15, 0.2) is 42.1 Å². The van der Waals surface area contributed by atoms with Crippen LogP contribution in [-0.4, -0.2) is 39.8 Å². The van der Waals surface area contributed by atoms with Crippen LogP contribution in [0.1, 0.15) is 54.1 Å². The Morgan fingerprint density at radius 3 is 2.50 bits per heavy atom. The molecule has 4 rings (SSSR count). The van der Waals surface area contributed by atoms with E-state index in [2.05, 4.69) is 4.98 Å². The molecule has 2 heterocycles. The van der Waals surface area contributed by atoms with Gasteiger partial charge in [0, 0.05) is 17.8 Å². The molecule has 6 heteroatoms. The molecule has 6 nitrogen and oxygen atoms in total. The van der Waals surface area contributed by atoms with Crippen LogP contribution in [0.3, 0.4) is 0 Å². The lowest BCUT2D eigenvalue weighted by molar-refractivity contribution is -0.141. The number of aliphatic hydroxyl groups excluding tert-OH is 1. The summed E-state index contributed by atoms with van der Waals surface area (Å²) in [4.78, 5) is 32.3. The second-order valence-electron chi connectivity index (χ2n) is 8.04. The van der Waals surface area contributed by atoms with Crippen LogP contribution in [0.25, 0.3) is 5.76 Å². The topological polar surface area (TPSA) is 79.7 Å². The number of likely N-dealkylation sites (tertiary alicyclic amines) is 1. The molecule has 1 aliphatic heterocycles. The first-order valence-electron chi connectivity index (χ1n) is 10.3. The monoisotopic (exact) mass is 406 g/mol. The van der Waals surface area contributed by atoms with Gasteiger partial charge in [0.15, 0.2) is 0 Å². The Morgan fingerprint density at radius 2 is 1.87 bits per heavy atom. The molecule has 1 aliphatic carbocycles. The summed E-state index contributed by atoms with van der Waals surface area (Å²) in [6.07, 6.45) is 5.42. The minimum Gasteiger partial charge on any atom is -0.507 e. The van der Waals surface area contributed by atoms with Crippen molar-refractivity contribution in [2.45, 2.75) is 51.6 Å². The van der Waals surface area contributed by atoms with Crippen LogP contribution in [0.4, 0.5) is 0 Å². The number of carbonyl (C=O) groups is 2. The second kappa shape index (κ2) is 7.94. The van der Waals surface area contributed by atoms with Crippen molar-refractivity contribution in [2.24, 2.45) is 0 Å². The number of hydrogen-bond donors (Lipinski definition) is 1. The number of amides is 1. The molecule has 1 unspecified atom stereocenters. The van der Waals surface area contributed by atoms with Gasteiger partial charge in [-0.05, 0) is 62.1 Å². The summed E-state index contributed by atoms with van der Waals surface area (Å²) < 4.78 is 5.36. The van der Waals surface area contributed by atoms with Crippen molar-refractivity contribution < 1.29 is 19.4 Å². The lowest BCUT2D eigenvalue weighted by Crippen LogP contribution is -2.37. The third kappa shape index (κ3) is 3.26. The molecular weight excluding hydrogens is 380 g/mol. The molecule has 1 aromatic heterocycles. The standard InChI is InChI=1S/C24H26N2O4/c1-14-13-19(30-3)15(2)12-17(14)22(27)20-21(18-10-6-7-11-25-18)26(24(29)23(20)28)16-8-4-5-9-16/h6-7,10-13,16,21,27H,4-5,8-9H2,1-3H3/b22-20+. The Morgan fingerprint density at radius 1 is 1.13 bits per heavy atom. The molecule has 1 amide bonds. The SMILES string of the molecule is COc1cc(C)c(/C(O)=C2\C(=O)C(=O)N(C3CCCC3)C2c2ccccn2)cc1C. The van der Waals surface area contributed by atoms with E-state index >= 15 is 0 Å². The maximum atomic E-state index is 13.1. The zero-order valence-electron chi connectivity index (χ0n) is 17.5. The minimum absolute atomic E-state index is 0.0162. The molecule has 2 aromatic rings. The molecule has 0 bridgehead atoms. The maximum Gasteiger partial charge on any atom is 0.295 e. The highest BCUT2D eigenvalue weighted by Crippen LogP contribution is 2.43. The van der Waals surface area contributed by atoms with Crippen LogP contribution in [0.5, 0.6) is 5.75 Å². The Kier molecular flexibility index (Phi) is 5.33. The van der Waals surface area contributed by atoms with Gasteiger partial charge in [0.1, 0.15) is 17.6 Å². The maximum absolute atomic E-state index is 13.1. The van der Waals surface area contributed by atoms with Crippen LogP contribution in [0, 0.1) is 13.8 Å². The zero-order valence-corrected chi connectivity index (χ0v) is 17.5. The van der Waals surface area contributed by atoms with E-state index in [9.17, 15) is 14.7 Å². The number of benzene rings is 1. The summed E-state index contributed by atoms with van der Waals surface area (Å²) >= 11 is 0. The van der Waals surface area contributed by atoms with Gasteiger partial charge >= 0.3 is 0 Å². The average molecular weight is 406 g/mol. The van der Waals surface area contributed by atoms with Crippen molar-refractivity contribution in [1.29, 1.82) is 0 Å². The normalized spacial score (nSPS) is 21.4. The fraction of sp³-hybridized carbons (Fsp3) is 0.375. The molecule has 156 valence electrons. The van der Waals surface area contributed by atoms with Gasteiger partial charge in [0.2, 0.25) is 0 Å². The van der Waals surface area contributed by atoms with Gasteiger partial charge in [-0.1, -0.05) is 18.9 Å². The van der Waals surface area contributed by atoms with E-state index < -0.39 is 17.7 Å². The number of methoxy groups -OCH3 is 1. The molecule has 1 atom stereocenters. The summed E-state index contributed by atoms with van der Waals surface area (Å²) in [5.74, 6) is -0.658. The third-order valence-corrected chi connectivity index (χ3v) is 6.16. The molecule has 2 fully saturated rings. The number of aromatic nitrogens is 1. The molecule has 0 spiro atoms. The van der Waals surface area contributed by atoms with E-state index in [0.717, 1.165) is 36.8 Å². The summed E-state index contributed by atoms with van der Waals surface area (Å²) in [6.45, 7) is 3.72. The Bertz CT molecular complexity index is 1020. The molecule has 1 N–H and O–H groups in total. The van der Waals surface area contributed by atoms with E-state index in [-0.39, 0.29) is 17.4 Å². The van der Waals surface area contributed by atoms with Crippen molar-refractivity contribution in [3.63, 3.8) is 0 Å². The molecule has 30 heavy (non-hydrogen) atoms. The highest BCUT2D eigenvalue weighted by Gasteiger charge is 2.49. The van der Waals surface area contributed by atoms with Crippen LogP contribution in [0.2, 0.25) is 0 Å². The smallest absolute Gasteiger partial charge is 0.295 e. The molecule has 1 saturated heterocycles. The van der Waals surface area contributed by atoms with E-state index in [1.54, 1.807) is 36.4 Å². The summed E-state index contributed by atoms with van der Waals surface area (Å²) in [5.41, 5.74) is 2.83. The van der Waals surface area contributed by atoms with Gasteiger partial charge < -0.3 is 14.7 Å². The van der Waals surface area contributed by atoms with Gasteiger partial charge in [-0.25, -0.2) is 0 Å². The van der Waals surface area contributed by atoms with Crippen molar-refractivity contribution in [2.75, 3.05) is 7.11 Å². The number of hydrogen-bond acceptors (Lipinski definition) is 5. The quantitative estimate of drug-likeness (QED) is 0.470. The number of nitrogens with zero attached hydrogens (tertiary/aromatic N) is 2. The van der Waals surface area contributed by atoms with Gasteiger partial charge in [0.25, 0.3) is 11.7 Å². The van der Waals surface area contributed by atoms with Gasteiger partial charge in [-0.3, -0.25) is 14.6 Å². The van der Waals surface area contributed by atoms with Crippen molar-refractivity contribution in [3.8, 4) is 5.75 Å². The zero-order chi connectivity index (χ0) is 21.4. The second-order valence-corrected chi connectivity index (χ2v) is 8.04. The van der Waals surface area contributed by atoms with E-state index in [0.29, 0.717) is 17.0 Å². The first-order chi connectivity index (χ1) is 14.4.